The molecule has 0 unspecified atom stereocenters. The summed E-state index contributed by atoms with van der Waals surface area (Å²) in [6, 6.07) is 8.77. The summed E-state index contributed by atoms with van der Waals surface area (Å²) in [4.78, 5) is 25.5. The Kier molecular flexibility index (Phi) is 5.83. The first-order chi connectivity index (χ1) is 12.6. The van der Waals surface area contributed by atoms with Gasteiger partial charge in [0.1, 0.15) is 0 Å². The number of benzene rings is 1. The SMILES string of the molecule is CNc1ncc(C(=O)N2CCCC[C@H]2c2ccc(CN(C)C)cc2)cn1. The van der Waals surface area contributed by atoms with Crippen LogP contribution in [0.3, 0.4) is 0 Å². The number of piperidine rings is 1. The smallest absolute Gasteiger partial charge is 0.257 e. The van der Waals surface area contributed by atoms with Crippen LogP contribution in [0.4, 0.5) is 5.95 Å². The molecule has 1 atom stereocenters. The van der Waals surface area contributed by atoms with E-state index in [1.807, 2.05) is 4.90 Å². The molecule has 1 aromatic carbocycles. The molecule has 138 valence electrons. The molecule has 1 aliphatic rings. The molecule has 6 nitrogen and oxygen atoms in total. The molecular weight excluding hydrogens is 326 g/mol. The van der Waals surface area contributed by atoms with Crippen LogP contribution in [-0.4, -0.2) is 53.4 Å². The molecule has 26 heavy (non-hydrogen) atoms. The number of aromatic nitrogens is 2. The summed E-state index contributed by atoms with van der Waals surface area (Å²) >= 11 is 0. The fourth-order valence-electron chi connectivity index (χ4n) is 3.46. The minimum atomic E-state index is 0.00900. The minimum Gasteiger partial charge on any atom is -0.357 e. The highest BCUT2D eigenvalue weighted by Crippen LogP contribution is 2.32. The second-order valence-electron chi connectivity index (χ2n) is 7.03. The Hall–Kier alpha value is -2.47. The van der Waals surface area contributed by atoms with E-state index in [-0.39, 0.29) is 11.9 Å². The van der Waals surface area contributed by atoms with Crippen molar-refractivity contribution in [3.8, 4) is 0 Å². The molecule has 1 saturated heterocycles. The van der Waals surface area contributed by atoms with Crippen molar-refractivity contribution in [2.45, 2.75) is 31.8 Å². The summed E-state index contributed by atoms with van der Waals surface area (Å²) < 4.78 is 0. The van der Waals surface area contributed by atoms with E-state index in [0.29, 0.717) is 11.5 Å². The van der Waals surface area contributed by atoms with Gasteiger partial charge in [0.15, 0.2) is 0 Å². The predicted octanol–water partition coefficient (Wildman–Crippen LogP) is 2.95. The number of nitrogens with one attached hydrogen (secondary N) is 1. The zero-order valence-corrected chi connectivity index (χ0v) is 15.8. The van der Waals surface area contributed by atoms with Gasteiger partial charge in [0.05, 0.1) is 11.6 Å². The Morgan fingerprint density at radius 3 is 2.50 bits per heavy atom. The lowest BCUT2D eigenvalue weighted by atomic mass is 9.94. The zero-order chi connectivity index (χ0) is 18.5. The quantitative estimate of drug-likeness (QED) is 0.895. The topological polar surface area (TPSA) is 61.4 Å². The molecule has 1 N–H and O–H groups in total. The number of hydrogen-bond donors (Lipinski definition) is 1. The van der Waals surface area contributed by atoms with E-state index in [1.165, 1.54) is 11.1 Å². The van der Waals surface area contributed by atoms with Gasteiger partial charge in [-0.3, -0.25) is 4.79 Å². The van der Waals surface area contributed by atoms with Gasteiger partial charge in [-0.05, 0) is 44.5 Å². The monoisotopic (exact) mass is 353 g/mol. The molecule has 0 aliphatic carbocycles. The van der Waals surface area contributed by atoms with Crippen molar-refractivity contribution >= 4 is 11.9 Å². The van der Waals surface area contributed by atoms with Crippen LogP contribution in [-0.2, 0) is 6.54 Å². The van der Waals surface area contributed by atoms with E-state index in [4.69, 9.17) is 0 Å². The van der Waals surface area contributed by atoms with Gasteiger partial charge >= 0.3 is 0 Å². The Balaban J connectivity index is 1.79. The third-order valence-electron chi connectivity index (χ3n) is 4.75. The summed E-state index contributed by atoms with van der Waals surface area (Å²) in [5.74, 6) is 0.531. The molecular formula is C20H27N5O. The highest BCUT2D eigenvalue weighted by molar-refractivity contribution is 5.94. The lowest BCUT2D eigenvalue weighted by Crippen LogP contribution is -2.38. The molecule has 1 aromatic heterocycles. The Morgan fingerprint density at radius 2 is 1.88 bits per heavy atom. The van der Waals surface area contributed by atoms with Crippen molar-refractivity contribution in [2.24, 2.45) is 0 Å². The molecule has 1 fully saturated rings. The van der Waals surface area contributed by atoms with Gasteiger partial charge in [-0.25, -0.2) is 9.97 Å². The average Bonchev–Trinajstić information content (AvgIpc) is 2.68. The standard InChI is InChI=1S/C20H27N5O/c1-21-20-22-12-17(13-23-20)19(26)25-11-5-4-6-18(25)16-9-7-15(8-10-16)14-24(2)3/h7-10,12-13,18H,4-6,11,14H2,1-3H3,(H,21,22,23)/t18-/m0/s1. The molecule has 0 radical (unpaired) electrons. The third kappa shape index (κ3) is 4.19. The Bertz CT molecular complexity index is 727. The summed E-state index contributed by atoms with van der Waals surface area (Å²) in [5.41, 5.74) is 3.02. The van der Waals surface area contributed by atoms with E-state index in [1.54, 1.807) is 19.4 Å². The summed E-state index contributed by atoms with van der Waals surface area (Å²) in [5, 5.41) is 2.88. The molecule has 0 spiro atoms. The number of amides is 1. The second kappa shape index (κ2) is 8.27. The molecule has 0 bridgehead atoms. The van der Waals surface area contributed by atoms with Crippen LogP contribution in [0.5, 0.6) is 0 Å². The first-order valence-electron chi connectivity index (χ1n) is 9.13. The van der Waals surface area contributed by atoms with Crippen molar-refractivity contribution in [3.63, 3.8) is 0 Å². The number of carbonyl (C=O) groups is 1. The van der Waals surface area contributed by atoms with E-state index in [9.17, 15) is 4.79 Å². The molecule has 1 amide bonds. The predicted molar refractivity (Wildman–Crippen MR) is 103 cm³/mol. The molecule has 2 aromatic rings. The minimum absolute atomic E-state index is 0.00900. The summed E-state index contributed by atoms with van der Waals surface area (Å²) in [6.07, 6.45) is 6.38. The van der Waals surface area contributed by atoms with Gasteiger partial charge in [0.2, 0.25) is 5.95 Å². The van der Waals surface area contributed by atoms with Crippen LogP contribution >= 0.6 is 0 Å². The molecule has 6 heteroatoms. The third-order valence-corrected chi connectivity index (χ3v) is 4.75. The van der Waals surface area contributed by atoms with Gasteiger partial charge in [-0.2, -0.15) is 0 Å². The number of rotatable bonds is 5. The number of likely N-dealkylation sites (tertiary alicyclic amines) is 1. The number of hydrogen-bond acceptors (Lipinski definition) is 5. The van der Waals surface area contributed by atoms with Crippen LogP contribution < -0.4 is 5.32 Å². The van der Waals surface area contributed by atoms with E-state index >= 15 is 0 Å². The molecule has 2 heterocycles. The second-order valence-corrected chi connectivity index (χ2v) is 7.03. The fraction of sp³-hybridized carbons (Fsp3) is 0.450. The van der Waals surface area contributed by atoms with Gasteiger partial charge in [-0.1, -0.05) is 24.3 Å². The van der Waals surface area contributed by atoms with Crippen LogP contribution in [0.15, 0.2) is 36.7 Å². The first kappa shape index (κ1) is 18.3. The largest absolute Gasteiger partial charge is 0.357 e. The van der Waals surface area contributed by atoms with Crippen molar-refractivity contribution in [2.75, 3.05) is 33.0 Å². The van der Waals surface area contributed by atoms with Crippen molar-refractivity contribution < 1.29 is 4.79 Å². The zero-order valence-electron chi connectivity index (χ0n) is 15.8. The maximum absolute atomic E-state index is 13.0. The first-order valence-corrected chi connectivity index (χ1v) is 9.13. The van der Waals surface area contributed by atoms with Gasteiger partial charge in [0, 0.05) is 32.5 Å². The number of anilines is 1. The lowest BCUT2D eigenvalue weighted by Gasteiger charge is -2.36. The normalized spacial score (nSPS) is 17.4. The van der Waals surface area contributed by atoms with Gasteiger partial charge < -0.3 is 15.1 Å². The molecule has 0 saturated carbocycles. The van der Waals surface area contributed by atoms with Crippen LogP contribution in [0.1, 0.15) is 46.8 Å². The Labute approximate surface area is 155 Å². The van der Waals surface area contributed by atoms with Crippen LogP contribution in [0.2, 0.25) is 0 Å². The maximum Gasteiger partial charge on any atom is 0.257 e. The van der Waals surface area contributed by atoms with Crippen LogP contribution in [0, 0.1) is 0 Å². The van der Waals surface area contributed by atoms with Gasteiger partial charge in [-0.15, -0.1) is 0 Å². The Morgan fingerprint density at radius 1 is 1.19 bits per heavy atom. The number of nitrogens with zero attached hydrogens (tertiary/aromatic N) is 4. The van der Waals surface area contributed by atoms with Crippen LogP contribution in [0.25, 0.3) is 0 Å². The van der Waals surface area contributed by atoms with Crippen molar-refractivity contribution in [3.05, 3.63) is 53.3 Å². The van der Waals surface area contributed by atoms with E-state index in [0.717, 1.165) is 32.4 Å². The van der Waals surface area contributed by atoms with Crippen molar-refractivity contribution in [1.82, 2.24) is 19.8 Å². The number of carbonyl (C=O) groups excluding carboxylic acids is 1. The molecule has 1 aliphatic heterocycles. The van der Waals surface area contributed by atoms with E-state index in [2.05, 4.69) is 58.5 Å². The fourth-order valence-corrected chi connectivity index (χ4v) is 3.46. The highest BCUT2D eigenvalue weighted by atomic mass is 16.2. The average molecular weight is 353 g/mol. The summed E-state index contributed by atoms with van der Waals surface area (Å²) in [7, 11) is 5.89. The summed E-state index contributed by atoms with van der Waals surface area (Å²) in [6.45, 7) is 1.69. The van der Waals surface area contributed by atoms with E-state index < -0.39 is 0 Å². The highest BCUT2D eigenvalue weighted by Gasteiger charge is 2.29. The lowest BCUT2D eigenvalue weighted by molar-refractivity contribution is 0.0610. The molecule has 3 rings (SSSR count). The maximum atomic E-state index is 13.0. The van der Waals surface area contributed by atoms with Gasteiger partial charge in [0.25, 0.3) is 5.91 Å². The van der Waals surface area contributed by atoms with Crippen molar-refractivity contribution in [1.29, 1.82) is 0 Å².